The average Bonchev–Trinajstić information content (AvgIpc) is 2.41. The molecular formula is C13H17ClO5S. The molecule has 0 fully saturated rings. The van der Waals surface area contributed by atoms with E-state index in [1.165, 1.54) is 18.2 Å². The van der Waals surface area contributed by atoms with Crippen LogP contribution in [0.15, 0.2) is 29.2 Å². The number of rotatable bonds is 8. The molecule has 7 heteroatoms. The third-order valence-electron chi connectivity index (χ3n) is 2.65. The van der Waals surface area contributed by atoms with Crippen LogP contribution in [-0.4, -0.2) is 31.4 Å². The third-order valence-corrected chi connectivity index (χ3v) is 3.83. The smallest absolute Gasteiger partial charge is 0.339 e. The Bertz CT molecular complexity index is 541. The second kappa shape index (κ2) is 8.24. The fourth-order valence-electron chi connectivity index (χ4n) is 1.65. The summed E-state index contributed by atoms with van der Waals surface area (Å²) in [7, 11) is -4.44. The second-order valence-corrected chi connectivity index (χ2v) is 5.98. The van der Waals surface area contributed by atoms with Crippen molar-refractivity contribution in [2.24, 2.45) is 0 Å². The summed E-state index contributed by atoms with van der Waals surface area (Å²) in [6, 6.07) is 5.39. The van der Waals surface area contributed by atoms with Gasteiger partial charge in [-0.05, 0) is 25.0 Å². The number of unbranched alkanes of at least 4 members (excludes halogenated alkanes) is 3. The van der Waals surface area contributed by atoms with Gasteiger partial charge in [0, 0.05) is 5.88 Å². The Morgan fingerprint density at radius 2 is 1.80 bits per heavy atom. The van der Waals surface area contributed by atoms with Crippen LogP contribution in [0.2, 0.25) is 0 Å². The van der Waals surface area contributed by atoms with E-state index in [9.17, 15) is 13.2 Å². The number of hydrogen-bond acceptors (Lipinski definition) is 4. The van der Waals surface area contributed by atoms with Crippen molar-refractivity contribution < 1.29 is 22.5 Å². The molecule has 0 spiro atoms. The molecule has 0 amide bonds. The van der Waals surface area contributed by atoms with Gasteiger partial charge in [-0.1, -0.05) is 25.0 Å². The first-order valence-electron chi connectivity index (χ1n) is 6.26. The van der Waals surface area contributed by atoms with Crippen LogP contribution in [0.1, 0.15) is 36.0 Å². The van der Waals surface area contributed by atoms with E-state index in [4.69, 9.17) is 20.9 Å². The molecule has 0 unspecified atom stereocenters. The van der Waals surface area contributed by atoms with Gasteiger partial charge in [-0.3, -0.25) is 4.55 Å². The lowest BCUT2D eigenvalue weighted by Gasteiger charge is -2.07. The Kier molecular flexibility index (Phi) is 6.98. The van der Waals surface area contributed by atoms with Gasteiger partial charge in [-0.25, -0.2) is 4.79 Å². The van der Waals surface area contributed by atoms with Gasteiger partial charge in [0.15, 0.2) is 0 Å². The normalized spacial score (nSPS) is 11.3. The van der Waals surface area contributed by atoms with Crippen LogP contribution in [-0.2, 0) is 14.9 Å². The molecule has 0 saturated heterocycles. The number of carbonyl (C=O) groups is 1. The molecule has 1 N–H and O–H groups in total. The van der Waals surface area contributed by atoms with E-state index in [-0.39, 0.29) is 12.2 Å². The summed E-state index contributed by atoms with van der Waals surface area (Å²) in [5.74, 6) is -0.141. The van der Waals surface area contributed by atoms with Crippen molar-refractivity contribution in [2.75, 3.05) is 12.5 Å². The van der Waals surface area contributed by atoms with Gasteiger partial charge in [0.05, 0.1) is 12.2 Å². The molecule has 0 aliphatic heterocycles. The Morgan fingerprint density at radius 1 is 1.15 bits per heavy atom. The highest BCUT2D eigenvalue weighted by Gasteiger charge is 2.20. The summed E-state index contributed by atoms with van der Waals surface area (Å²) in [5, 5.41) is 0. The molecule has 0 radical (unpaired) electrons. The lowest BCUT2D eigenvalue weighted by Crippen LogP contribution is -2.12. The molecule has 20 heavy (non-hydrogen) atoms. The summed E-state index contributed by atoms with van der Waals surface area (Å²) >= 11 is 5.54. The summed E-state index contributed by atoms with van der Waals surface area (Å²) < 4.78 is 36.3. The van der Waals surface area contributed by atoms with E-state index in [2.05, 4.69) is 0 Å². The highest BCUT2D eigenvalue weighted by atomic mass is 35.5. The fourth-order valence-corrected chi connectivity index (χ4v) is 2.52. The molecule has 1 aromatic carbocycles. The van der Waals surface area contributed by atoms with Crippen molar-refractivity contribution >= 4 is 27.7 Å². The van der Waals surface area contributed by atoms with Crippen molar-refractivity contribution in [3.8, 4) is 0 Å². The predicted octanol–water partition coefficient (Wildman–Crippen LogP) is 2.89. The summed E-state index contributed by atoms with van der Waals surface area (Å²) in [6.07, 6.45) is 3.46. The maximum absolute atomic E-state index is 11.8. The van der Waals surface area contributed by atoms with Crippen molar-refractivity contribution in [1.29, 1.82) is 0 Å². The van der Waals surface area contributed by atoms with Gasteiger partial charge >= 0.3 is 5.97 Å². The summed E-state index contributed by atoms with van der Waals surface area (Å²) in [5.41, 5.74) is -0.157. The third kappa shape index (κ3) is 5.48. The van der Waals surface area contributed by atoms with Gasteiger partial charge in [0.2, 0.25) is 0 Å². The second-order valence-electron chi connectivity index (χ2n) is 4.21. The van der Waals surface area contributed by atoms with Crippen LogP contribution in [0.25, 0.3) is 0 Å². The molecule has 0 bridgehead atoms. The van der Waals surface area contributed by atoms with Gasteiger partial charge in [-0.2, -0.15) is 8.42 Å². The van der Waals surface area contributed by atoms with E-state index in [1.54, 1.807) is 0 Å². The number of halogens is 1. The standard InChI is InChI=1S/C13H17ClO5S/c14-9-5-1-2-6-10-19-13(15)11-7-3-4-8-12(11)20(16,17)18/h3-4,7-8H,1-2,5-6,9-10H2,(H,16,17,18). The molecule has 0 heterocycles. The van der Waals surface area contributed by atoms with E-state index in [0.29, 0.717) is 12.3 Å². The van der Waals surface area contributed by atoms with Gasteiger partial charge in [0.25, 0.3) is 10.1 Å². The molecule has 0 saturated carbocycles. The molecule has 0 atom stereocenters. The van der Waals surface area contributed by atoms with Gasteiger partial charge in [-0.15, -0.1) is 11.6 Å². The minimum Gasteiger partial charge on any atom is -0.462 e. The van der Waals surface area contributed by atoms with Crippen LogP contribution in [0, 0.1) is 0 Å². The number of carbonyl (C=O) groups excluding carboxylic acids is 1. The zero-order valence-corrected chi connectivity index (χ0v) is 12.5. The zero-order valence-electron chi connectivity index (χ0n) is 10.9. The molecule has 0 aliphatic carbocycles. The Labute approximate surface area is 123 Å². The zero-order chi connectivity index (χ0) is 15.0. The maximum atomic E-state index is 11.8. The number of esters is 1. The molecule has 1 aromatic rings. The van der Waals surface area contributed by atoms with Crippen molar-refractivity contribution in [2.45, 2.75) is 30.6 Å². The topological polar surface area (TPSA) is 80.7 Å². The Morgan fingerprint density at radius 3 is 2.45 bits per heavy atom. The van der Waals surface area contributed by atoms with E-state index in [0.717, 1.165) is 25.3 Å². The van der Waals surface area contributed by atoms with Crippen LogP contribution >= 0.6 is 11.6 Å². The lowest BCUT2D eigenvalue weighted by atomic mass is 10.2. The van der Waals surface area contributed by atoms with Crippen molar-refractivity contribution in [1.82, 2.24) is 0 Å². The van der Waals surface area contributed by atoms with Gasteiger partial charge in [0.1, 0.15) is 4.90 Å². The van der Waals surface area contributed by atoms with Crippen molar-refractivity contribution in [3.63, 3.8) is 0 Å². The lowest BCUT2D eigenvalue weighted by molar-refractivity contribution is 0.0493. The monoisotopic (exact) mass is 320 g/mol. The maximum Gasteiger partial charge on any atom is 0.339 e. The SMILES string of the molecule is O=C(OCCCCCCCl)c1ccccc1S(=O)(=O)O. The highest BCUT2D eigenvalue weighted by Crippen LogP contribution is 2.16. The predicted molar refractivity (Wildman–Crippen MR) is 75.7 cm³/mol. The van der Waals surface area contributed by atoms with Crippen LogP contribution in [0.5, 0.6) is 0 Å². The van der Waals surface area contributed by atoms with E-state index < -0.39 is 21.0 Å². The number of hydrogen-bond donors (Lipinski definition) is 1. The molecule has 0 aromatic heterocycles. The van der Waals surface area contributed by atoms with Crippen LogP contribution in [0.3, 0.4) is 0 Å². The van der Waals surface area contributed by atoms with Crippen LogP contribution in [0.4, 0.5) is 0 Å². The largest absolute Gasteiger partial charge is 0.462 e. The first-order chi connectivity index (χ1) is 9.46. The fraction of sp³-hybridized carbons (Fsp3) is 0.462. The minimum atomic E-state index is -4.44. The first-order valence-corrected chi connectivity index (χ1v) is 8.24. The Hall–Kier alpha value is -1.11. The molecule has 0 aliphatic rings. The van der Waals surface area contributed by atoms with Crippen LogP contribution < -0.4 is 0 Å². The molecule has 112 valence electrons. The van der Waals surface area contributed by atoms with Crippen molar-refractivity contribution in [3.05, 3.63) is 29.8 Å². The molecular weight excluding hydrogens is 304 g/mol. The van der Waals surface area contributed by atoms with E-state index >= 15 is 0 Å². The number of benzene rings is 1. The first kappa shape index (κ1) is 16.9. The minimum absolute atomic E-state index is 0.157. The quantitative estimate of drug-likeness (QED) is 0.345. The number of ether oxygens (including phenoxy) is 1. The highest BCUT2D eigenvalue weighted by molar-refractivity contribution is 7.86. The Balaban J connectivity index is 2.56. The molecule has 1 rings (SSSR count). The molecule has 5 nitrogen and oxygen atoms in total. The number of alkyl halides is 1. The van der Waals surface area contributed by atoms with E-state index in [1.807, 2.05) is 0 Å². The summed E-state index contributed by atoms with van der Waals surface area (Å²) in [4.78, 5) is 11.3. The van der Waals surface area contributed by atoms with Gasteiger partial charge < -0.3 is 4.74 Å². The average molecular weight is 321 g/mol. The summed E-state index contributed by atoms with van der Waals surface area (Å²) in [6.45, 7) is 0.209.